The van der Waals surface area contributed by atoms with Crippen molar-refractivity contribution in [2.45, 2.75) is 24.7 Å². The second-order valence-electron chi connectivity index (χ2n) is 8.28. The highest BCUT2D eigenvalue weighted by Gasteiger charge is 2.36. The Balaban J connectivity index is 1.31. The van der Waals surface area contributed by atoms with Gasteiger partial charge in [-0.2, -0.15) is 26.3 Å². The van der Waals surface area contributed by atoms with Gasteiger partial charge in [-0.25, -0.2) is 4.79 Å². The lowest BCUT2D eigenvalue weighted by molar-refractivity contribution is -0.143. The van der Waals surface area contributed by atoms with Crippen molar-refractivity contribution < 1.29 is 35.9 Å². The van der Waals surface area contributed by atoms with Crippen LogP contribution in [-0.2, 0) is 17.1 Å². The Morgan fingerprint density at radius 1 is 0.833 bits per heavy atom. The number of amides is 1. The van der Waals surface area contributed by atoms with Gasteiger partial charge in [0.2, 0.25) is 0 Å². The molecule has 0 saturated heterocycles. The monoisotopic (exact) mass is 505 g/mol. The topological polar surface area (TPSA) is 38.3 Å². The Hall–Kier alpha value is -3.75. The zero-order valence-electron chi connectivity index (χ0n) is 18.8. The van der Waals surface area contributed by atoms with Gasteiger partial charge in [0.1, 0.15) is 6.61 Å². The molecule has 1 N–H and O–H groups in total. The Labute approximate surface area is 203 Å². The van der Waals surface area contributed by atoms with E-state index in [1.54, 1.807) is 0 Å². The number of rotatable bonds is 6. The molecular formula is C27H21F6NO2. The summed E-state index contributed by atoms with van der Waals surface area (Å²) in [7, 11) is 0. The van der Waals surface area contributed by atoms with Gasteiger partial charge in [0.15, 0.2) is 0 Å². The SMILES string of the molecule is O=C(NCCC=Cc1cc(C(F)(F)F)cc(C(F)(F)F)c1)OCC1c2ccccc2-c2ccccc21. The van der Waals surface area contributed by atoms with Crippen molar-refractivity contribution in [3.8, 4) is 11.1 Å². The van der Waals surface area contributed by atoms with Crippen LogP contribution < -0.4 is 5.32 Å². The molecular weight excluding hydrogens is 484 g/mol. The third kappa shape index (κ3) is 5.72. The molecule has 0 unspecified atom stereocenters. The lowest BCUT2D eigenvalue weighted by Crippen LogP contribution is -2.26. The van der Waals surface area contributed by atoms with Crippen LogP contribution in [0.15, 0.2) is 72.8 Å². The molecule has 188 valence electrons. The van der Waals surface area contributed by atoms with Crippen LogP contribution in [0.1, 0.15) is 40.2 Å². The van der Waals surface area contributed by atoms with Crippen LogP contribution in [0.25, 0.3) is 17.2 Å². The van der Waals surface area contributed by atoms with Gasteiger partial charge in [0.05, 0.1) is 11.1 Å². The predicted molar refractivity (Wildman–Crippen MR) is 123 cm³/mol. The molecule has 0 aliphatic heterocycles. The Morgan fingerprint density at radius 3 is 1.89 bits per heavy atom. The first-order valence-electron chi connectivity index (χ1n) is 11.1. The number of carbonyl (C=O) groups excluding carboxylic acids is 1. The highest BCUT2D eigenvalue weighted by atomic mass is 19.4. The van der Waals surface area contributed by atoms with E-state index in [1.807, 2.05) is 48.5 Å². The molecule has 0 saturated carbocycles. The molecule has 1 aliphatic carbocycles. The number of halogens is 6. The van der Waals surface area contributed by atoms with Gasteiger partial charge in [-0.15, -0.1) is 0 Å². The lowest BCUT2D eigenvalue weighted by atomic mass is 9.98. The Bertz CT molecular complexity index is 1200. The van der Waals surface area contributed by atoms with E-state index in [2.05, 4.69) is 5.32 Å². The van der Waals surface area contributed by atoms with Gasteiger partial charge in [-0.05, 0) is 52.4 Å². The zero-order chi connectivity index (χ0) is 25.9. The number of carbonyl (C=O) groups is 1. The van der Waals surface area contributed by atoms with E-state index >= 15 is 0 Å². The minimum atomic E-state index is -4.91. The molecule has 1 amide bonds. The van der Waals surface area contributed by atoms with Gasteiger partial charge in [0.25, 0.3) is 0 Å². The summed E-state index contributed by atoms with van der Waals surface area (Å²) in [4.78, 5) is 12.2. The van der Waals surface area contributed by atoms with Crippen LogP contribution in [0.5, 0.6) is 0 Å². The molecule has 0 fully saturated rings. The summed E-state index contributed by atoms with van der Waals surface area (Å²) in [5.74, 6) is -0.105. The van der Waals surface area contributed by atoms with E-state index in [0.717, 1.165) is 28.3 Å². The van der Waals surface area contributed by atoms with Crippen molar-refractivity contribution in [3.05, 3.63) is 101 Å². The smallest absolute Gasteiger partial charge is 0.416 e. The molecule has 0 radical (unpaired) electrons. The van der Waals surface area contributed by atoms with Crippen molar-refractivity contribution >= 4 is 12.2 Å². The van der Waals surface area contributed by atoms with Crippen molar-refractivity contribution in [3.63, 3.8) is 0 Å². The molecule has 0 atom stereocenters. The first-order valence-corrected chi connectivity index (χ1v) is 11.1. The average molecular weight is 505 g/mol. The summed E-state index contributed by atoms with van der Waals surface area (Å²) in [5.41, 5.74) is 1.31. The van der Waals surface area contributed by atoms with Crippen molar-refractivity contribution in [1.82, 2.24) is 5.32 Å². The largest absolute Gasteiger partial charge is 0.449 e. The second kappa shape index (κ2) is 10.1. The van der Waals surface area contributed by atoms with E-state index in [-0.39, 0.29) is 37.1 Å². The minimum Gasteiger partial charge on any atom is -0.449 e. The molecule has 4 rings (SSSR count). The van der Waals surface area contributed by atoms with Gasteiger partial charge in [0, 0.05) is 12.5 Å². The molecule has 3 aromatic rings. The maximum Gasteiger partial charge on any atom is 0.416 e. The summed E-state index contributed by atoms with van der Waals surface area (Å²) >= 11 is 0. The number of fused-ring (bicyclic) bond motifs is 3. The van der Waals surface area contributed by atoms with Crippen LogP contribution in [0.3, 0.4) is 0 Å². The summed E-state index contributed by atoms with van der Waals surface area (Å²) < 4.78 is 83.2. The second-order valence-corrected chi connectivity index (χ2v) is 8.28. The summed E-state index contributed by atoms with van der Waals surface area (Å²) in [6, 6.07) is 17.1. The first kappa shape index (κ1) is 25.3. The Kier molecular flexibility index (Phi) is 7.10. The third-order valence-electron chi connectivity index (χ3n) is 5.84. The number of ether oxygens (including phenoxy) is 1. The summed E-state index contributed by atoms with van der Waals surface area (Å²) in [5, 5.41) is 2.54. The molecule has 0 bridgehead atoms. The summed E-state index contributed by atoms with van der Waals surface area (Å²) in [6.07, 6.45) is -7.75. The first-order chi connectivity index (χ1) is 17.0. The molecule has 9 heteroatoms. The predicted octanol–water partition coefficient (Wildman–Crippen LogP) is 7.67. The zero-order valence-corrected chi connectivity index (χ0v) is 18.8. The van der Waals surface area contributed by atoms with E-state index in [1.165, 1.54) is 6.08 Å². The number of alkyl halides is 6. The summed E-state index contributed by atoms with van der Waals surface area (Å²) in [6.45, 7) is 0.221. The fraction of sp³-hybridized carbons (Fsp3) is 0.222. The average Bonchev–Trinajstić information content (AvgIpc) is 3.15. The van der Waals surface area contributed by atoms with Gasteiger partial charge < -0.3 is 10.1 Å². The number of nitrogens with one attached hydrogen (secondary N) is 1. The van der Waals surface area contributed by atoms with Crippen molar-refractivity contribution in [2.75, 3.05) is 13.2 Å². The highest BCUT2D eigenvalue weighted by molar-refractivity contribution is 5.79. The number of benzene rings is 3. The molecule has 0 aromatic heterocycles. The molecule has 3 nitrogen and oxygen atoms in total. The van der Waals surface area contributed by atoms with Crippen LogP contribution in [0.2, 0.25) is 0 Å². The molecule has 36 heavy (non-hydrogen) atoms. The fourth-order valence-electron chi connectivity index (χ4n) is 4.20. The van der Waals surface area contributed by atoms with E-state index in [0.29, 0.717) is 12.1 Å². The standard InChI is InChI=1S/C27H21F6NO2/c28-26(29,30)18-13-17(14-19(15-18)27(31,32)33)7-5-6-12-34-25(35)36-16-24-22-10-3-1-8-20(22)21-9-2-4-11-23(21)24/h1-5,7-11,13-15,24H,6,12,16H2,(H,34,35). The quantitative estimate of drug-likeness (QED) is 0.276. The van der Waals surface area contributed by atoms with Crippen molar-refractivity contribution in [1.29, 1.82) is 0 Å². The van der Waals surface area contributed by atoms with Gasteiger partial charge in [-0.1, -0.05) is 60.7 Å². The molecule has 0 spiro atoms. The lowest BCUT2D eigenvalue weighted by Gasteiger charge is -2.14. The Morgan fingerprint density at radius 2 is 1.36 bits per heavy atom. The van der Waals surface area contributed by atoms with E-state index < -0.39 is 29.6 Å². The molecule has 1 aliphatic rings. The highest BCUT2D eigenvalue weighted by Crippen LogP contribution is 2.44. The van der Waals surface area contributed by atoms with Crippen LogP contribution in [-0.4, -0.2) is 19.2 Å². The molecule has 3 aromatic carbocycles. The molecule has 0 heterocycles. The van der Waals surface area contributed by atoms with Crippen LogP contribution >= 0.6 is 0 Å². The maximum atomic E-state index is 13.0. The van der Waals surface area contributed by atoms with Crippen LogP contribution in [0.4, 0.5) is 31.1 Å². The van der Waals surface area contributed by atoms with Gasteiger partial charge in [-0.3, -0.25) is 0 Å². The van der Waals surface area contributed by atoms with Crippen molar-refractivity contribution in [2.24, 2.45) is 0 Å². The van der Waals surface area contributed by atoms with E-state index in [9.17, 15) is 31.1 Å². The third-order valence-corrected chi connectivity index (χ3v) is 5.84. The number of alkyl carbamates (subject to hydrolysis) is 1. The normalized spacial score (nSPS) is 13.5. The fourth-order valence-corrected chi connectivity index (χ4v) is 4.20. The van der Waals surface area contributed by atoms with Crippen LogP contribution in [0, 0.1) is 0 Å². The van der Waals surface area contributed by atoms with Gasteiger partial charge >= 0.3 is 18.4 Å². The number of hydrogen-bond acceptors (Lipinski definition) is 2. The number of hydrogen-bond donors (Lipinski definition) is 1. The minimum absolute atomic E-state index is 0.0794. The van der Waals surface area contributed by atoms with E-state index in [4.69, 9.17) is 4.74 Å². The maximum absolute atomic E-state index is 13.0.